The van der Waals surface area contributed by atoms with Crippen LogP contribution in [0.1, 0.15) is 50.3 Å². The van der Waals surface area contributed by atoms with Gasteiger partial charge in [-0.05, 0) is 32.6 Å². The molecule has 0 aliphatic carbocycles. The molecule has 1 saturated heterocycles. The first kappa shape index (κ1) is 10.3. The molecule has 0 aromatic carbocycles. The van der Waals surface area contributed by atoms with Crippen molar-refractivity contribution < 1.29 is 4.74 Å². The number of fused-ring (bicyclic) bond motifs is 1. The molecule has 1 fully saturated rings. The molecule has 0 radical (unpaired) electrons. The van der Waals surface area contributed by atoms with E-state index < -0.39 is 0 Å². The van der Waals surface area contributed by atoms with Crippen LogP contribution in [-0.2, 0) is 17.6 Å². The molecule has 2 atom stereocenters. The van der Waals surface area contributed by atoms with Crippen LogP contribution in [0.5, 0.6) is 0 Å². The third kappa shape index (κ3) is 1.75. The van der Waals surface area contributed by atoms with Crippen molar-refractivity contribution in [3.05, 3.63) is 11.6 Å². The molecule has 2 unspecified atom stereocenters. The lowest BCUT2D eigenvalue weighted by atomic mass is 10.1. The van der Waals surface area contributed by atoms with Gasteiger partial charge in [-0.15, -0.1) is 10.2 Å². The molecule has 2 aliphatic rings. The zero-order valence-electron chi connectivity index (χ0n) is 9.85. The number of hydrogen-bond donors (Lipinski definition) is 0. The van der Waals surface area contributed by atoms with E-state index in [9.17, 15) is 0 Å². The van der Waals surface area contributed by atoms with Gasteiger partial charge in [-0.2, -0.15) is 0 Å². The summed E-state index contributed by atoms with van der Waals surface area (Å²) in [4.78, 5) is 0. The Morgan fingerprint density at radius 1 is 1.31 bits per heavy atom. The quantitative estimate of drug-likeness (QED) is 0.765. The summed E-state index contributed by atoms with van der Waals surface area (Å²) in [6.45, 7) is 3.19. The summed E-state index contributed by atoms with van der Waals surface area (Å²) in [5.74, 6) is 2.31. The van der Waals surface area contributed by atoms with E-state index in [1.54, 1.807) is 0 Å². The van der Waals surface area contributed by atoms with Crippen LogP contribution in [-0.4, -0.2) is 27.5 Å². The van der Waals surface area contributed by atoms with E-state index in [1.807, 2.05) is 0 Å². The molecule has 4 nitrogen and oxygen atoms in total. The SMILES string of the molecule is CC1CCCc2nnc(CC3CCCO3)n21. The van der Waals surface area contributed by atoms with Crippen molar-refractivity contribution in [2.75, 3.05) is 6.61 Å². The number of rotatable bonds is 2. The van der Waals surface area contributed by atoms with Gasteiger partial charge in [-0.25, -0.2) is 0 Å². The van der Waals surface area contributed by atoms with Gasteiger partial charge in [0.15, 0.2) is 0 Å². The summed E-state index contributed by atoms with van der Waals surface area (Å²) in [7, 11) is 0. The fourth-order valence-electron chi connectivity index (χ4n) is 2.87. The molecule has 0 spiro atoms. The third-order valence-corrected chi connectivity index (χ3v) is 3.73. The van der Waals surface area contributed by atoms with E-state index in [-0.39, 0.29) is 0 Å². The lowest BCUT2D eigenvalue weighted by Crippen LogP contribution is -2.20. The second-order valence-electron chi connectivity index (χ2n) is 4.98. The van der Waals surface area contributed by atoms with Gasteiger partial charge in [0, 0.05) is 25.5 Å². The average Bonchev–Trinajstić information content (AvgIpc) is 2.90. The first-order valence-corrected chi connectivity index (χ1v) is 6.39. The van der Waals surface area contributed by atoms with Gasteiger partial charge in [-0.1, -0.05) is 0 Å². The molecule has 16 heavy (non-hydrogen) atoms. The van der Waals surface area contributed by atoms with Crippen molar-refractivity contribution in [2.45, 2.75) is 57.6 Å². The molecule has 1 aromatic heterocycles. The zero-order valence-corrected chi connectivity index (χ0v) is 9.85. The molecule has 4 heteroatoms. The summed E-state index contributed by atoms with van der Waals surface area (Å²) >= 11 is 0. The minimum atomic E-state index is 0.377. The van der Waals surface area contributed by atoms with E-state index in [2.05, 4.69) is 21.7 Å². The van der Waals surface area contributed by atoms with Crippen LogP contribution < -0.4 is 0 Å². The van der Waals surface area contributed by atoms with Crippen molar-refractivity contribution in [3.63, 3.8) is 0 Å². The standard InChI is InChI=1S/C12H19N3O/c1-9-4-2-6-11-13-14-12(15(9)11)8-10-5-3-7-16-10/h9-10H,2-8H2,1H3. The molecule has 0 N–H and O–H groups in total. The molecular weight excluding hydrogens is 202 g/mol. The molecule has 3 rings (SSSR count). The van der Waals surface area contributed by atoms with Gasteiger partial charge >= 0.3 is 0 Å². The Morgan fingerprint density at radius 2 is 2.25 bits per heavy atom. The summed E-state index contributed by atoms with van der Waals surface area (Å²) in [5, 5.41) is 8.65. The number of nitrogens with zero attached hydrogens (tertiary/aromatic N) is 3. The summed E-state index contributed by atoms with van der Waals surface area (Å²) < 4.78 is 8.01. The second kappa shape index (κ2) is 4.17. The molecule has 88 valence electrons. The maximum Gasteiger partial charge on any atom is 0.135 e. The van der Waals surface area contributed by atoms with Crippen LogP contribution in [0, 0.1) is 0 Å². The van der Waals surface area contributed by atoms with Crippen LogP contribution in [0.15, 0.2) is 0 Å². The topological polar surface area (TPSA) is 39.9 Å². The lowest BCUT2D eigenvalue weighted by molar-refractivity contribution is 0.108. The van der Waals surface area contributed by atoms with Gasteiger partial charge < -0.3 is 9.30 Å². The zero-order chi connectivity index (χ0) is 11.0. The molecular formula is C12H19N3O. The molecule has 0 saturated carbocycles. The van der Waals surface area contributed by atoms with Crippen LogP contribution in [0.2, 0.25) is 0 Å². The minimum absolute atomic E-state index is 0.377. The number of hydrogen-bond acceptors (Lipinski definition) is 3. The van der Waals surface area contributed by atoms with Crippen molar-refractivity contribution in [1.82, 2.24) is 14.8 Å². The van der Waals surface area contributed by atoms with Crippen molar-refractivity contribution in [1.29, 1.82) is 0 Å². The van der Waals surface area contributed by atoms with Crippen molar-refractivity contribution in [3.8, 4) is 0 Å². The highest BCUT2D eigenvalue weighted by Gasteiger charge is 2.24. The molecule has 0 amide bonds. The predicted octanol–water partition coefficient (Wildman–Crippen LogP) is 1.90. The fraction of sp³-hybridized carbons (Fsp3) is 0.833. The Kier molecular flexibility index (Phi) is 2.67. The normalized spacial score (nSPS) is 29.3. The molecule has 2 aliphatic heterocycles. The average molecular weight is 221 g/mol. The fourth-order valence-corrected chi connectivity index (χ4v) is 2.87. The number of ether oxygens (including phenoxy) is 1. The molecule has 1 aromatic rings. The van der Waals surface area contributed by atoms with Crippen LogP contribution in [0.3, 0.4) is 0 Å². The van der Waals surface area contributed by atoms with Crippen LogP contribution in [0.4, 0.5) is 0 Å². The maximum absolute atomic E-state index is 5.67. The highest BCUT2D eigenvalue weighted by molar-refractivity contribution is 5.03. The van der Waals surface area contributed by atoms with Crippen LogP contribution in [0.25, 0.3) is 0 Å². The third-order valence-electron chi connectivity index (χ3n) is 3.73. The van der Waals surface area contributed by atoms with E-state index in [0.29, 0.717) is 12.1 Å². The molecule has 3 heterocycles. The van der Waals surface area contributed by atoms with Crippen LogP contribution >= 0.6 is 0 Å². The van der Waals surface area contributed by atoms with Gasteiger partial charge in [-0.3, -0.25) is 0 Å². The van der Waals surface area contributed by atoms with Gasteiger partial charge in [0.1, 0.15) is 11.6 Å². The predicted molar refractivity (Wildman–Crippen MR) is 60.3 cm³/mol. The van der Waals surface area contributed by atoms with Gasteiger partial charge in [0.2, 0.25) is 0 Å². The Morgan fingerprint density at radius 3 is 3.06 bits per heavy atom. The van der Waals surface area contributed by atoms with Gasteiger partial charge in [0.25, 0.3) is 0 Å². The highest BCUT2D eigenvalue weighted by Crippen LogP contribution is 2.26. The van der Waals surface area contributed by atoms with E-state index >= 15 is 0 Å². The smallest absolute Gasteiger partial charge is 0.135 e. The number of aryl methyl sites for hydroxylation is 1. The van der Waals surface area contributed by atoms with Gasteiger partial charge in [0.05, 0.1) is 6.10 Å². The lowest BCUT2D eigenvalue weighted by Gasteiger charge is -2.23. The first-order chi connectivity index (χ1) is 7.84. The monoisotopic (exact) mass is 221 g/mol. The van der Waals surface area contributed by atoms with Crippen molar-refractivity contribution in [2.24, 2.45) is 0 Å². The number of aromatic nitrogens is 3. The van der Waals surface area contributed by atoms with E-state index in [0.717, 1.165) is 25.3 Å². The Bertz CT molecular complexity index is 368. The van der Waals surface area contributed by atoms with E-state index in [4.69, 9.17) is 4.74 Å². The highest BCUT2D eigenvalue weighted by atomic mass is 16.5. The van der Waals surface area contributed by atoms with E-state index in [1.165, 1.54) is 31.5 Å². The summed E-state index contributed by atoms with van der Waals surface area (Å²) in [6.07, 6.45) is 7.28. The summed E-state index contributed by atoms with van der Waals surface area (Å²) in [6, 6.07) is 0.565. The molecule has 0 bridgehead atoms. The summed E-state index contributed by atoms with van der Waals surface area (Å²) in [5.41, 5.74) is 0. The Hall–Kier alpha value is -0.900. The first-order valence-electron chi connectivity index (χ1n) is 6.39. The second-order valence-corrected chi connectivity index (χ2v) is 4.98. The Labute approximate surface area is 96.0 Å². The minimum Gasteiger partial charge on any atom is -0.378 e. The largest absolute Gasteiger partial charge is 0.378 e. The maximum atomic E-state index is 5.67. The van der Waals surface area contributed by atoms with Crippen molar-refractivity contribution >= 4 is 0 Å². The Balaban J connectivity index is 1.81.